The molecule has 0 aromatic heterocycles. The van der Waals surface area contributed by atoms with Crippen LogP contribution in [-0.2, 0) is 22.7 Å². The van der Waals surface area contributed by atoms with Crippen molar-refractivity contribution in [1.29, 1.82) is 0 Å². The molecule has 0 saturated heterocycles. The molecule has 0 bridgehead atoms. The number of likely N-dealkylation sites (N-methyl/N-ethyl adjacent to an activating group) is 1. The van der Waals surface area contributed by atoms with Crippen LogP contribution in [0.15, 0.2) is 24.3 Å². The van der Waals surface area contributed by atoms with Gasteiger partial charge in [0.2, 0.25) is 0 Å². The highest BCUT2D eigenvalue weighted by molar-refractivity contribution is 5.82. The zero-order valence-corrected chi connectivity index (χ0v) is 10.8. The Morgan fingerprint density at radius 2 is 2.11 bits per heavy atom. The molecule has 0 heterocycles. The van der Waals surface area contributed by atoms with E-state index in [-0.39, 0.29) is 0 Å². The summed E-state index contributed by atoms with van der Waals surface area (Å²) < 4.78 is 5.10. The number of ether oxygens (including phenoxy) is 1. The maximum absolute atomic E-state index is 11.2. The molecule has 0 aliphatic heterocycles. The lowest BCUT2D eigenvalue weighted by Crippen LogP contribution is -2.40. The minimum atomic E-state index is -0.710. The van der Waals surface area contributed by atoms with Crippen LogP contribution < -0.4 is 0 Å². The van der Waals surface area contributed by atoms with Crippen molar-refractivity contribution in [3.8, 4) is 0 Å². The average molecular weight is 249 g/mol. The van der Waals surface area contributed by atoms with Gasteiger partial charge in [-0.2, -0.15) is 0 Å². The molecule has 1 N–H and O–H groups in total. The predicted octanol–water partition coefficient (Wildman–Crippen LogP) is 1.88. The van der Waals surface area contributed by atoms with Crippen molar-refractivity contribution in [2.24, 2.45) is 0 Å². The van der Waals surface area contributed by atoms with E-state index in [1.54, 1.807) is 7.11 Å². The summed E-state index contributed by atoms with van der Waals surface area (Å²) >= 11 is 0. The van der Waals surface area contributed by atoms with Crippen molar-refractivity contribution in [1.82, 2.24) is 4.90 Å². The highest BCUT2D eigenvalue weighted by atomic mass is 16.5. The summed E-state index contributed by atoms with van der Waals surface area (Å²) in [5.41, 5.74) is 1.61. The summed E-state index contributed by atoms with van der Waals surface area (Å²) in [6.07, 6.45) is 1.49. The number of hydrogen-bond donors (Lipinski definition) is 1. The van der Waals surface area contributed by atoms with E-state index in [0.717, 1.165) is 24.0 Å². The van der Waals surface area contributed by atoms with E-state index < -0.39 is 11.5 Å². The van der Waals surface area contributed by atoms with Gasteiger partial charge in [0.05, 0.1) is 6.61 Å². The molecule has 18 heavy (non-hydrogen) atoms. The van der Waals surface area contributed by atoms with Crippen molar-refractivity contribution >= 4 is 5.97 Å². The summed E-state index contributed by atoms with van der Waals surface area (Å²) in [5.74, 6) is -0.710. The lowest BCUT2D eigenvalue weighted by Gasteiger charge is -2.24. The first-order valence-corrected chi connectivity index (χ1v) is 6.10. The lowest BCUT2D eigenvalue weighted by atomic mass is 10.1. The quantitative estimate of drug-likeness (QED) is 0.836. The van der Waals surface area contributed by atoms with Crippen LogP contribution in [0, 0.1) is 0 Å². The molecule has 1 aliphatic carbocycles. The van der Waals surface area contributed by atoms with Crippen LogP contribution in [0.3, 0.4) is 0 Å². The number of methoxy groups -OCH3 is 1. The third-order valence-corrected chi connectivity index (χ3v) is 3.57. The van der Waals surface area contributed by atoms with Crippen LogP contribution in [0.4, 0.5) is 0 Å². The molecule has 1 fully saturated rings. The van der Waals surface area contributed by atoms with E-state index >= 15 is 0 Å². The van der Waals surface area contributed by atoms with Crippen molar-refractivity contribution in [2.45, 2.75) is 31.5 Å². The molecule has 4 nitrogen and oxygen atoms in total. The Labute approximate surface area is 107 Å². The fourth-order valence-corrected chi connectivity index (χ4v) is 2.29. The monoisotopic (exact) mass is 249 g/mol. The van der Waals surface area contributed by atoms with Gasteiger partial charge in [-0.1, -0.05) is 24.3 Å². The maximum Gasteiger partial charge on any atom is 0.324 e. The van der Waals surface area contributed by atoms with Gasteiger partial charge in [-0.15, -0.1) is 0 Å². The van der Waals surface area contributed by atoms with Gasteiger partial charge in [-0.3, -0.25) is 9.69 Å². The minimum Gasteiger partial charge on any atom is -0.480 e. The van der Waals surface area contributed by atoms with Gasteiger partial charge in [0, 0.05) is 13.7 Å². The van der Waals surface area contributed by atoms with E-state index in [1.165, 1.54) is 0 Å². The second kappa shape index (κ2) is 5.08. The third-order valence-electron chi connectivity index (χ3n) is 3.57. The van der Waals surface area contributed by atoms with Crippen LogP contribution in [-0.4, -0.2) is 35.7 Å². The number of rotatable bonds is 6. The van der Waals surface area contributed by atoms with Crippen LogP contribution >= 0.6 is 0 Å². The SMILES string of the molecule is COCc1cccc(CN(C)C2(C(=O)O)CC2)c1. The largest absolute Gasteiger partial charge is 0.480 e. The molecule has 1 aromatic carbocycles. The molecule has 98 valence electrons. The van der Waals surface area contributed by atoms with E-state index in [1.807, 2.05) is 30.1 Å². The molecule has 1 aromatic rings. The summed E-state index contributed by atoms with van der Waals surface area (Å²) in [7, 11) is 3.55. The van der Waals surface area contributed by atoms with Crippen LogP contribution in [0.5, 0.6) is 0 Å². The topological polar surface area (TPSA) is 49.8 Å². The smallest absolute Gasteiger partial charge is 0.324 e. The van der Waals surface area contributed by atoms with Crippen molar-refractivity contribution in [2.75, 3.05) is 14.2 Å². The van der Waals surface area contributed by atoms with Crippen molar-refractivity contribution in [3.63, 3.8) is 0 Å². The third kappa shape index (κ3) is 2.54. The second-order valence-electron chi connectivity index (χ2n) is 4.95. The van der Waals surface area contributed by atoms with Crippen molar-refractivity contribution in [3.05, 3.63) is 35.4 Å². The number of hydrogen-bond acceptors (Lipinski definition) is 3. The fourth-order valence-electron chi connectivity index (χ4n) is 2.29. The summed E-state index contributed by atoms with van der Waals surface area (Å²) in [5, 5.41) is 9.23. The van der Waals surface area contributed by atoms with E-state index in [0.29, 0.717) is 13.2 Å². The first-order chi connectivity index (χ1) is 8.58. The van der Waals surface area contributed by atoms with Gasteiger partial charge >= 0.3 is 5.97 Å². The predicted molar refractivity (Wildman–Crippen MR) is 68.2 cm³/mol. The molecule has 0 atom stereocenters. The molecular weight excluding hydrogens is 230 g/mol. The van der Waals surface area contributed by atoms with Gasteiger partial charge in [0.15, 0.2) is 0 Å². The van der Waals surface area contributed by atoms with Gasteiger partial charge in [0.1, 0.15) is 5.54 Å². The number of carboxylic acids is 1. The number of benzene rings is 1. The van der Waals surface area contributed by atoms with Crippen LogP contribution in [0.1, 0.15) is 24.0 Å². The first-order valence-electron chi connectivity index (χ1n) is 6.10. The van der Waals surface area contributed by atoms with Gasteiger partial charge in [0.25, 0.3) is 0 Å². The molecule has 4 heteroatoms. The lowest BCUT2D eigenvalue weighted by molar-refractivity contribution is -0.144. The molecule has 0 unspecified atom stereocenters. The standard InChI is InChI=1S/C14H19NO3/c1-15(14(6-7-14)13(16)17)9-11-4-3-5-12(8-11)10-18-2/h3-5,8H,6-7,9-10H2,1-2H3,(H,16,17). The Bertz CT molecular complexity index is 440. The Morgan fingerprint density at radius 3 is 2.67 bits per heavy atom. The Kier molecular flexibility index (Phi) is 3.68. The summed E-state index contributed by atoms with van der Waals surface area (Å²) in [6, 6.07) is 8.08. The zero-order valence-electron chi connectivity index (χ0n) is 10.8. The number of carboxylic acid groups (broad SMARTS) is 1. The number of nitrogens with zero attached hydrogens (tertiary/aromatic N) is 1. The molecular formula is C14H19NO3. The van der Waals surface area contributed by atoms with Gasteiger partial charge < -0.3 is 9.84 Å². The summed E-state index contributed by atoms with van der Waals surface area (Å²) in [4.78, 5) is 13.2. The van der Waals surface area contributed by atoms with Crippen LogP contribution in [0.25, 0.3) is 0 Å². The molecule has 0 amide bonds. The van der Waals surface area contributed by atoms with Gasteiger partial charge in [-0.05, 0) is 31.0 Å². The number of aliphatic carboxylic acids is 1. The Hall–Kier alpha value is -1.39. The zero-order chi connectivity index (χ0) is 13.2. The van der Waals surface area contributed by atoms with E-state index in [2.05, 4.69) is 6.07 Å². The molecule has 0 spiro atoms. The number of carbonyl (C=O) groups is 1. The van der Waals surface area contributed by atoms with Gasteiger partial charge in [-0.25, -0.2) is 0 Å². The average Bonchev–Trinajstić information content (AvgIpc) is 3.10. The normalized spacial score (nSPS) is 16.8. The molecule has 1 aliphatic rings. The van der Waals surface area contributed by atoms with E-state index in [9.17, 15) is 9.90 Å². The fraction of sp³-hybridized carbons (Fsp3) is 0.500. The molecule has 2 rings (SSSR count). The Balaban J connectivity index is 2.05. The van der Waals surface area contributed by atoms with Crippen molar-refractivity contribution < 1.29 is 14.6 Å². The maximum atomic E-state index is 11.2. The second-order valence-corrected chi connectivity index (χ2v) is 4.95. The molecule has 0 radical (unpaired) electrons. The molecule has 1 saturated carbocycles. The highest BCUT2D eigenvalue weighted by Crippen LogP contribution is 2.41. The Morgan fingerprint density at radius 1 is 1.44 bits per heavy atom. The van der Waals surface area contributed by atoms with Crippen LogP contribution in [0.2, 0.25) is 0 Å². The highest BCUT2D eigenvalue weighted by Gasteiger charge is 2.53. The first kappa shape index (κ1) is 13.1. The summed E-state index contributed by atoms with van der Waals surface area (Å²) in [6.45, 7) is 1.24. The minimum absolute atomic E-state index is 0.585. The van der Waals surface area contributed by atoms with E-state index in [4.69, 9.17) is 4.74 Å².